The van der Waals surface area contributed by atoms with E-state index in [0.717, 1.165) is 16.1 Å². The third-order valence-corrected chi connectivity index (χ3v) is 9.89. The predicted molar refractivity (Wildman–Crippen MR) is 153 cm³/mol. The molecule has 1 heterocycles. The Hall–Kier alpha value is -4.17. The van der Waals surface area contributed by atoms with Crippen molar-refractivity contribution < 1.29 is 34.8 Å². The zero-order valence-corrected chi connectivity index (χ0v) is 24.4. The molecule has 0 aliphatic heterocycles. The summed E-state index contributed by atoms with van der Waals surface area (Å²) in [6.07, 6.45) is -4.06. The van der Waals surface area contributed by atoms with Crippen LogP contribution in [0.4, 0.5) is 24.7 Å². The van der Waals surface area contributed by atoms with E-state index in [4.69, 9.17) is 0 Å². The molecule has 0 atom stereocenters. The summed E-state index contributed by atoms with van der Waals surface area (Å²) < 4.78 is 97.1. The number of anilines is 2. The molecule has 0 aliphatic rings. The highest BCUT2D eigenvalue weighted by Crippen LogP contribution is 2.38. The average molecular weight is 621 g/mol. The number of pyridine rings is 1. The first kappa shape index (κ1) is 30.8. The summed E-state index contributed by atoms with van der Waals surface area (Å²) in [6.45, 7) is 0.911. The van der Waals surface area contributed by atoms with Crippen molar-refractivity contribution in [1.82, 2.24) is 10.3 Å². The summed E-state index contributed by atoms with van der Waals surface area (Å²) in [7, 11) is -7.84. The first-order valence-corrected chi connectivity index (χ1v) is 15.4. The lowest BCUT2D eigenvalue weighted by Gasteiger charge is -2.28. The number of nitrogens with one attached hydrogen (secondary N) is 1. The number of hydrogen-bond acceptors (Lipinski definition) is 6. The van der Waals surface area contributed by atoms with Crippen LogP contribution in [0.1, 0.15) is 11.1 Å². The van der Waals surface area contributed by atoms with Crippen LogP contribution in [0.15, 0.2) is 88.8 Å². The number of amides is 1. The molecule has 0 aliphatic carbocycles. The van der Waals surface area contributed by atoms with Gasteiger partial charge < -0.3 is 5.32 Å². The van der Waals surface area contributed by atoms with E-state index in [1.807, 2.05) is 0 Å². The number of hydrogen-bond donors (Lipinski definition) is 1. The summed E-state index contributed by atoms with van der Waals surface area (Å²) >= 11 is 0. The highest BCUT2D eigenvalue weighted by Gasteiger charge is 2.39. The lowest BCUT2D eigenvalue weighted by molar-refractivity contribution is -0.119. The minimum atomic E-state index is -4.93. The van der Waals surface area contributed by atoms with Crippen molar-refractivity contribution in [1.29, 1.82) is 0 Å². The Labute approximate surface area is 241 Å². The SMILES string of the molecule is CNC(=O)CN(c1ncc(N(CC(F)(F)F)S(=O)(=O)c2ccc(C)cc2)c2ccccc12)S(=O)(=O)c1ccc(C)cc1. The molecule has 0 saturated carbocycles. The fourth-order valence-corrected chi connectivity index (χ4v) is 7.03. The summed E-state index contributed by atoms with van der Waals surface area (Å²) in [6, 6.07) is 16.9. The van der Waals surface area contributed by atoms with Crippen molar-refractivity contribution in [2.45, 2.75) is 29.8 Å². The number of aryl methyl sites for hydroxylation is 2. The van der Waals surface area contributed by atoms with Gasteiger partial charge in [0.05, 0.1) is 21.7 Å². The fraction of sp³-hybridized carbons (Fsp3) is 0.214. The topological polar surface area (TPSA) is 117 Å². The van der Waals surface area contributed by atoms with Gasteiger partial charge in [0, 0.05) is 17.8 Å². The molecule has 1 amide bonds. The molecule has 0 bridgehead atoms. The van der Waals surface area contributed by atoms with Gasteiger partial charge in [0.15, 0.2) is 5.82 Å². The number of benzene rings is 3. The zero-order valence-electron chi connectivity index (χ0n) is 22.8. The zero-order chi connectivity index (χ0) is 30.9. The first-order valence-electron chi connectivity index (χ1n) is 12.5. The van der Waals surface area contributed by atoms with Crippen LogP contribution in [0, 0.1) is 13.8 Å². The van der Waals surface area contributed by atoms with Crippen molar-refractivity contribution in [3.05, 3.63) is 90.1 Å². The highest BCUT2D eigenvalue weighted by atomic mass is 32.2. The van der Waals surface area contributed by atoms with Gasteiger partial charge in [0.25, 0.3) is 20.0 Å². The van der Waals surface area contributed by atoms with Crippen molar-refractivity contribution in [2.24, 2.45) is 0 Å². The van der Waals surface area contributed by atoms with E-state index in [0.29, 0.717) is 5.56 Å². The number of fused-ring (bicyclic) bond motifs is 1. The normalized spacial score (nSPS) is 12.2. The van der Waals surface area contributed by atoms with Crippen LogP contribution in [-0.4, -0.2) is 54.0 Å². The number of sulfonamides is 2. The molecule has 14 heteroatoms. The minimum absolute atomic E-state index is 0.0147. The molecular formula is C28H27F3N4O5S2. The Kier molecular flexibility index (Phi) is 8.51. The van der Waals surface area contributed by atoms with Gasteiger partial charge in [-0.05, 0) is 38.1 Å². The molecule has 0 saturated heterocycles. The first-order chi connectivity index (χ1) is 19.6. The number of rotatable bonds is 9. The molecule has 3 aromatic carbocycles. The van der Waals surface area contributed by atoms with E-state index in [1.165, 1.54) is 67.7 Å². The second kappa shape index (κ2) is 11.6. The molecule has 1 aromatic heterocycles. The van der Waals surface area contributed by atoms with Gasteiger partial charge in [0.2, 0.25) is 5.91 Å². The standard InChI is InChI=1S/C28H27F3N4O5S2/c1-19-8-12-21(13-9-19)41(37,38)34(17-26(36)32-3)27-24-7-5-4-6-23(24)25(16-33-27)35(18-28(29,30)31)42(39,40)22-14-10-20(2)11-15-22/h4-16H,17-18H2,1-3H3,(H,32,36). The van der Waals surface area contributed by atoms with Gasteiger partial charge in [-0.15, -0.1) is 0 Å². The number of carbonyl (C=O) groups excluding carboxylic acids is 1. The van der Waals surface area contributed by atoms with Gasteiger partial charge in [-0.2, -0.15) is 13.2 Å². The summed E-state index contributed by atoms with van der Waals surface area (Å²) in [5.41, 5.74) is 1.08. The number of carbonyl (C=O) groups is 1. The van der Waals surface area contributed by atoms with E-state index >= 15 is 0 Å². The van der Waals surface area contributed by atoms with Gasteiger partial charge >= 0.3 is 6.18 Å². The minimum Gasteiger partial charge on any atom is -0.358 e. The van der Waals surface area contributed by atoms with E-state index in [9.17, 15) is 34.8 Å². The van der Waals surface area contributed by atoms with Gasteiger partial charge in [-0.1, -0.05) is 59.7 Å². The van der Waals surface area contributed by atoms with Crippen LogP contribution in [0.5, 0.6) is 0 Å². The largest absolute Gasteiger partial charge is 0.407 e. The average Bonchev–Trinajstić information content (AvgIpc) is 2.94. The molecule has 9 nitrogen and oxygen atoms in total. The third-order valence-electron chi connectivity index (χ3n) is 6.36. The quantitative estimate of drug-likeness (QED) is 0.294. The van der Waals surface area contributed by atoms with Crippen LogP contribution in [0.2, 0.25) is 0 Å². The Morgan fingerprint density at radius 3 is 1.74 bits per heavy atom. The molecule has 0 fully saturated rings. The summed E-state index contributed by atoms with van der Waals surface area (Å²) in [5.74, 6) is -0.945. The molecule has 0 spiro atoms. The molecule has 222 valence electrons. The third kappa shape index (κ3) is 6.34. The van der Waals surface area contributed by atoms with E-state index in [2.05, 4.69) is 10.3 Å². The van der Waals surface area contributed by atoms with E-state index in [1.54, 1.807) is 26.0 Å². The molecule has 0 radical (unpaired) electrons. The lowest BCUT2D eigenvalue weighted by atomic mass is 10.1. The Balaban J connectivity index is 1.96. The van der Waals surface area contributed by atoms with Crippen molar-refractivity contribution >= 4 is 48.2 Å². The molecule has 0 unspecified atom stereocenters. The van der Waals surface area contributed by atoms with E-state index in [-0.39, 0.29) is 30.7 Å². The smallest absolute Gasteiger partial charge is 0.358 e. The maximum Gasteiger partial charge on any atom is 0.407 e. The fourth-order valence-electron chi connectivity index (χ4n) is 4.18. The molecule has 42 heavy (non-hydrogen) atoms. The molecule has 1 N–H and O–H groups in total. The van der Waals surface area contributed by atoms with Crippen LogP contribution in [0.3, 0.4) is 0 Å². The molecular weight excluding hydrogens is 593 g/mol. The number of aromatic nitrogens is 1. The number of nitrogens with zero attached hydrogens (tertiary/aromatic N) is 3. The number of likely N-dealkylation sites (N-methyl/N-ethyl adjacent to an activating group) is 1. The Bertz CT molecular complexity index is 1830. The van der Waals surface area contributed by atoms with Crippen LogP contribution in [-0.2, 0) is 24.8 Å². The van der Waals surface area contributed by atoms with Crippen molar-refractivity contribution in [2.75, 3.05) is 28.7 Å². The van der Waals surface area contributed by atoms with Crippen LogP contribution in [0.25, 0.3) is 10.8 Å². The lowest BCUT2D eigenvalue weighted by Crippen LogP contribution is -2.41. The molecule has 4 aromatic rings. The Morgan fingerprint density at radius 1 is 0.786 bits per heavy atom. The Morgan fingerprint density at radius 2 is 1.26 bits per heavy atom. The molecule has 4 rings (SSSR count). The summed E-state index contributed by atoms with van der Waals surface area (Å²) in [5, 5.41) is 2.35. The van der Waals surface area contributed by atoms with E-state index < -0.39 is 50.9 Å². The van der Waals surface area contributed by atoms with Gasteiger partial charge in [-0.25, -0.2) is 26.1 Å². The summed E-state index contributed by atoms with van der Waals surface area (Å²) in [4.78, 5) is 16.1. The predicted octanol–water partition coefficient (Wildman–Crippen LogP) is 4.55. The van der Waals surface area contributed by atoms with Crippen molar-refractivity contribution in [3.8, 4) is 0 Å². The maximum atomic E-state index is 13.8. The second-order valence-electron chi connectivity index (χ2n) is 9.45. The maximum absolute atomic E-state index is 13.8. The van der Waals surface area contributed by atoms with Crippen LogP contribution >= 0.6 is 0 Å². The monoisotopic (exact) mass is 620 g/mol. The van der Waals surface area contributed by atoms with Gasteiger partial charge in [-0.3, -0.25) is 9.10 Å². The van der Waals surface area contributed by atoms with Crippen LogP contribution < -0.4 is 13.9 Å². The number of halogens is 3. The second-order valence-corrected chi connectivity index (χ2v) is 13.2. The number of alkyl halides is 3. The highest BCUT2D eigenvalue weighted by molar-refractivity contribution is 7.93. The van der Waals surface area contributed by atoms with Crippen molar-refractivity contribution in [3.63, 3.8) is 0 Å². The van der Waals surface area contributed by atoms with Gasteiger partial charge in [0.1, 0.15) is 13.1 Å².